The second-order valence-corrected chi connectivity index (χ2v) is 5.13. The summed E-state index contributed by atoms with van der Waals surface area (Å²) in [6, 6.07) is 11.6. The van der Waals surface area contributed by atoms with Gasteiger partial charge in [-0.3, -0.25) is 0 Å². The third-order valence-corrected chi connectivity index (χ3v) is 3.49. The van der Waals surface area contributed by atoms with Crippen LogP contribution in [0, 0.1) is 11.6 Å². The van der Waals surface area contributed by atoms with Crippen molar-refractivity contribution < 1.29 is 8.78 Å². The lowest BCUT2D eigenvalue weighted by Gasteiger charge is -2.20. The van der Waals surface area contributed by atoms with Crippen molar-refractivity contribution in [2.75, 3.05) is 5.32 Å². The lowest BCUT2D eigenvalue weighted by Crippen LogP contribution is -2.15. The molecule has 0 amide bonds. The van der Waals surface area contributed by atoms with Gasteiger partial charge in [0.25, 0.3) is 0 Å². The molecular formula is C16H16F2N2S. The first kappa shape index (κ1) is 15.4. The smallest absolute Gasteiger partial charge is 0.150 e. The summed E-state index contributed by atoms with van der Waals surface area (Å²) in [6.07, 6.45) is 0.694. The van der Waals surface area contributed by atoms with E-state index >= 15 is 0 Å². The normalized spacial score (nSPS) is 12.0. The van der Waals surface area contributed by atoms with E-state index in [0.717, 1.165) is 17.7 Å². The summed E-state index contributed by atoms with van der Waals surface area (Å²) in [6.45, 7) is 1.95. The number of hydrogen-bond acceptors (Lipinski definition) is 2. The number of nitrogens with two attached hydrogens (primary N) is 1. The molecule has 0 fully saturated rings. The Balaban J connectivity index is 2.32. The molecule has 2 rings (SSSR count). The number of anilines is 1. The Hall–Kier alpha value is -2.01. The molecule has 1 unspecified atom stereocenters. The van der Waals surface area contributed by atoms with Crippen molar-refractivity contribution in [1.82, 2.24) is 0 Å². The summed E-state index contributed by atoms with van der Waals surface area (Å²) in [7, 11) is 0. The SMILES string of the molecule is CCC(Nc1c(F)cc(C(N)=S)cc1F)c1ccccc1. The fraction of sp³-hybridized carbons (Fsp3) is 0.188. The number of benzene rings is 2. The van der Waals surface area contributed by atoms with Crippen molar-refractivity contribution in [1.29, 1.82) is 0 Å². The molecular weight excluding hydrogens is 290 g/mol. The minimum Gasteiger partial charge on any atom is -0.389 e. The molecule has 0 aromatic heterocycles. The Kier molecular flexibility index (Phi) is 4.85. The summed E-state index contributed by atoms with van der Waals surface area (Å²) in [5.41, 5.74) is 6.39. The van der Waals surface area contributed by atoms with Gasteiger partial charge in [0, 0.05) is 5.56 Å². The first-order valence-electron chi connectivity index (χ1n) is 6.63. The van der Waals surface area contributed by atoms with Crippen molar-refractivity contribution >= 4 is 22.9 Å². The van der Waals surface area contributed by atoms with Gasteiger partial charge in [-0.05, 0) is 24.1 Å². The average molecular weight is 306 g/mol. The molecule has 0 bridgehead atoms. The third-order valence-electron chi connectivity index (χ3n) is 3.26. The topological polar surface area (TPSA) is 38.0 Å². The van der Waals surface area contributed by atoms with Crippen LogP contribution in [0.15, 0.2) is 42.5 Å². The molecule has 110 valence electrons. The Bertz CT molecular complexity index is 621. The van der Waals surface area contributed by atoms with Crippen molar-refractivity contribution in [2.45, 2.75) is 19.4 Å². The van der Waals surface area contributed by atoms with Gasteiger partial charge in [-0.2, -0.15) is 0 Å². The standard InChI is InChI=1S/C16H16F2N2S/c1-2-14(10-6-4-3-5-7-10)20-15-12(17)8-11(16(19)21)9-13(15)18/h3-9,14,20H,2H2,1H3,(H2,19,21). The number of thiocarbonyl (C=S) groups is 1. The number of halogens is 2. The van der Waals surface area contributed by atoms with E-state index in [1.165, 1.54) is 0 Å². The number of rotatable bonds is 5. The molecule has 2 aromatic carbocycles. The molecule has 0 saturated heterocycles. The van der Waals surface area contributed by atoms with E-state index in [1.54, 1.807) is 0 Å². The van der Waals surface area contributed by atoms with Crippen molar-refractivity contribution in [3.8, 4) is 0 Å². The van der Waals surface area contributed by atoms with Crippen LogP contribution < -0.4 is 11.1 Å². The van der Waals surface area contributed by atoms with Gasteiger partial charge in [0.1, 0.15) is 22.3 Å². The quantitative estimate of drug-likeness (QED) is 0.815. The van der Waals surface area contributed by atoms with Crippen molar-refractivity contribution in [2.24, 2.45) is 5.73 Å². The van der Waals surface area contributed by atoms with Crippen LogP contribution >= 0.6 is 12.2 Å². The second kappa shape index (κ2) is 6.63. The molecule has 0 aliphatic carbocycles. The maximum atomic E-state index is 14.1. The molecule has 0 heterocycles. The highest BCUT2D eigenvalue weighted by Crippen LogP contribution is 2.27. The summed E-state index contributed by atoms with van der Waals surface area (Å²) in [5, 5.41) is 2.91. The Morgan fingerprint density at radius 1 is 1.19 bits per heavy atom. The molecule has 5 heteroatoms. The molecule has 0 saturated carbocycles. The zero-order valence-electron chi connectivity index (χ0n) is 11.6. The van der Waals surface area contributed by atoms with E-state index in [4.69, 9.17) is 18.0 Å². The maximum Gasteiger partial charge on any atom is 0.150 e. The molecule has 2 nitrogen and oxygen atoms in total. The van der Waals surface area contributed by atoms with Gasteiger partial charge in [0.05, 0.1) is 6.04 Å². The summed E-state index contributed by atoms with van der Waals surface area (Å²) >= 11 is 4.74. The highest BCUT2D eigenvalue weighted by atomic mass is 32.1. The lowest BCUT2D eigenvalue weighted by molar-refractivity contribution is 0.580. The van der Waals surface area contributed by atoms with E-state index in [-0.39, 0.29) is 22.3 Å². The van der Waals surface area contributed by atoms with Crippen LogP contribution in [0.3, 0.4) is 0 Å². The van der Waals surface area contributed by atoms with Gasteiger partial charge in [-0.25, -0.2) is 8.78 Å². The van der Waals surface area contributed by atoms with Gasteiger partial charge < -0.3 is 11.1 Å². The van der Waals surface area contributed by atoms with Gasteiger partial charge in [0.2, 0.25) is 0 Å². The van der Waals surface area contributed by atoms with Crippen LogP contribution in [0.5, 0.6) is 0 Å². The van der Waals surface area contributed by atoms with E-state index in [9.17, 15) is 8.78 Å². The predicted octanol–water partition coefficient (Wildman–Crippen LogP) is 4.16. The van der Waals surface area contributed by atoms with Gasteiger partial charge in [-0.1, -0.05) is 49.5 Å². The van der Waals surface area contributed by atoms with Crippen molar-refractivity contribution in [3.05, 3.63) is 65.2 Å². The number of nitrogens with one attached hydrogen (secondary N) is 1. The average Bonchev–Trinajstić information content (AvgIpc) is 2.47. The van der Waals surface area contributed by atoms with Crippen LogP contribution in [-0.2, 0) is 0 Å². The fourth-order valence-electron chi connectivity index (χ4n) is 2.13. The molecule has 0 spiro atoms. The highest BCUT2D eigenvalue weighted by Gasteiger charge is 2.16. The molecule has 0 aliphatic heterocycles. The minimum absolute atomic E-state index is 0.0329. The Morgan fingerprint density at radius 2 is 1.76 bits per heavy atom. The van der Waals surface area contributed by atoms with Crippen LogP contribution in [-0.4, -0.2) is 4.99 Å². The first-order valence-corrected chi connectivity index (χ1v) is 7.04. The van der Waals surface area contributed by atoms with Crippen LogP contribution in [0.25, 0.3) is 0 Å². The van der Waals surface area contributed by atoms with E-state index in [0.29, 0.717) is 6.42 Å². The van der Waals surface area contributed by atoms with Crippen LogP contribution in [0.2, 0.25) is 0 Å². The first-order chi connectivity index (χ1) is 10.0. The molecule has 21 heavy (non-hydrogen) atoms. The second-order valence-electron chi connectivity index (χ2n) is 4.69. The summed E-state index contributed by atoms with van der Waals surface area (Å²) < 4.78 is 28.1. The highest BCUT2D eigenvalue weighted by molar-refractivity contribution is 7.80. The van der Waals surface area contributed by atoms with Crippen molar-refractivity contribution in [3.63, 3.8) is 0 Å². The van der Waals surface area contributed by atoms with E-state index in [1.807, 2.05) is 37.3 Å². The lowest BCUT2D eigenvalue weighted by atomic mass is 10.0. The zero-order valence-corrected chi connectivity index (χ0v) is 12.4. The fourth-order valence-corrected chi connectivity index (χ4v) is 2.25. The summed E-state index contributed by atoms with van der Waals surface area (Å²) in [4.78, 5) is -0.0329. The Morgan fingerprint density at radius 3 is 2.24 bits per heavy atom. The molecule has 0 aliphatic rings. The van der Waals surface area contributed by atoms with Gasteiger partial charge in [-0.15, -0.1) is 0 Å². The number of hydrogen-bond donors (Lipinski definition) is 2. The van der Waals surface area contributed by atoms with Gasteiger partial charge in [0.15, 0.2) is 0 Å². The zero-order chi connectivity index (χ0) is 15.4. The van der Waals surface area contributed by atoms with Crippen LogP contribution in [0.1, 0.15) is 30.5 Å². The van der Waals surface area contributed by atoms with Crippen LogP contribution in [0.4, 0.5) is 14.5 Å². The monoisotopic (exact) mass is 306 g/mol. The molecule has 1 atom stereocenters. The largest absolute Gasteiger partial charge is 0.389 e. The van der Waals surface area contributed by atoms with E-state index < -0.39 is 11.6 Å². The Labute approximate surface area is 128 Å². The summed E-state index contributed by atoms with van der Waals surface area (Å²) in [5.74, 6) is -1.40. The molecule has 3 N–H and O–H groups in total. The predicted molar refractivity (Wildman–Crippen MR) is 85.3 cm³/mol. The van der Waals surface area contributed by atoms with Gasteiger partial charge >= 0.3 is 0 Å². The maximum absolute atomic E-state index is 14.1. The third kappa shape index (κ3) is 3.55. The molecule has 0 radical (unpaired) electrons. The molecule has 2 aromatic rings. The van der Waals surface area contributed by atoms with E-state index in [2.05, 4.69) is 5.32 Å². The minimum atomic E-state index is -0.702.